The molecule has 0 saturated carbocycles. The van der Waals surface area contributed by atoms with Crippen LogP contribution < -0.4 is 10.2 Å². The fourth-order valence-corrected chi connectivity index (χ4v) is 5.33. The van der Waals surface area contributed by atoms with Crippen molar-refractivity contribution in [2.24, 2.45) is 11.3 Å². The van der Waals surface area contributed by atoms with Gasteiger partial charge >= 0.3 is 0 Å². The Morgan fingerprint density at radius 3 is 2.55 bits per heavy atom. The summed E-state index contributed by atoms with van der Waals surface area (Å²) in [5, 5.41) is 2.91. The summed E-state index contributed by atoms with van der Waals surface area (Å²) >= 11 is 0. The standard InChI is InChI=1S/C30H41N5O3/c1-5-30(3,4)29(38)34(6-2)18-10-11-22-15-19-33(20-16-22)21-26(36)35-25-14-8-7-13-24(25)32-28(37)23-12-9-17-31-27(23)35/h7-9,12-14,17,22H,5-6,10-11,15-16,18-21H2,1-4H3,(H,32,37). The van der Waals surface area contributed by atoms with Gasteiger partial charge in [0.1, 0.15) is 0 Å². The van der Waals surface area contributed by atoms with Crippen molar-refractivity contribution in [1.29, 1.82) is 0 Å². The Bertz CT molecular complexity index is 1160. The number of carbonyl (C=O) groups is 3. The molecule has 38 heavy (non-hydrogen) atoms. The number of rotatable bonds is 9. The average molecular weight is 520 g/mol. The van der Waals surface area contributed by atoms with Gasteiger partial charge in [-0.05, 0) is 82.3 Å². The van der Waals surface area contributed by atoms with Gasteiger partial charge in [0.05, 0.1) is 23.5 Å². The molecule has 0 bridgehead atoms. The first kappa shape index (κ1) is 27.8. The third-order valence-electron chi connectivity index (χ3n) is 8.12. The SMILES string of the molecule is CCN(CCCC1CCN(CC(=O)N2c3ccccc3NC(=O)c3cccnc32)CC1)C(=O)C(C)(C)CC. The summed E-state index contributed by atoms with van der Waals surface area (Å²) in [5.41, 5.74) is 1.32. The van der Waals surface area contributed by atoms with Gasteiger partial charge in [0.15, 0.2) is 5.82 Å². The van der Waals surface area contributed by atoms with Gasteiger partial charge in [0, 0.05) is 24.7 Å². The summed E-state index contributed by atoms with van der Waals surface area (Å²) in [4.78, 5) is 49.5. The number of nitrogens with one attached hydrogen (secondary N) is 1. The minimum absolute atomic E-state index is 0.0945. The van der Waals surface area contributed by atoms with E-state index in [-0.39, 0.29) is 29.7 Å². The number of fused-ring (bicyclic) bond motifs is 2. The van der Waals surface area contributed by atoms with E-state index in [0.29, 0.717) is 28.7 Å². The largest absolute Gasteiger partial charge is 0.343 e. The molecule has 0 spiro atoms. The second kappa shape index (κ2) is 12.1. The van der Waals surface area contributed by atoms with Crippen LogP contribution in [-0.2, 0) is 9.59 Å². The van der Waals surface area contributed by atoms with Crippen LogP contribution in [0.3, 0.4) is 0 Å². The molecular weight excluding hydrogens is 478 g/mol. The minimum Gasteiger partial charge on any atom is -0.343 e. The Morgan fingerprint density at radius 1 is 1.11 bits per heavy atom. The number of carbonyl (C=O) groups excluding carboxylic acids is 3. The zero-order valence-electron chi connectivity index (χ0n) is 23.2. The van der Waals surface area contributed by atoms with Crippen LogP contribution in [0.5, 0.6) is 0 Å². The highest BCUT2D eigenvalue weighted by Crippen LogP contribution is 2.36. The summed E-state index contributed by atoms with van der Waals surface area (Å²) in [5.74, 6) is 0.869. The van der Waals surface area contributed by atoms with E-state index in [2.05, 4.69) is 29.0 Å². The molecule has 2 aromatic rings. The number of likely N-dealkylation sites (tertiary alicyclic amines) is 1. The van der Waals surface area contributed by atoms with E-state index in [1.165, 1.54) is 0 Å². The highest BCUT2D eigenvalue weighted by atomic mass is 16.2. The Morgan fingerprint density at radius 2 is 1.84 bits per heavy atom. The number of benzene rings is 1. The monoisotopic (exact) mass is 519 g/mol. The summed E-state index contributed by atoms with van der Waals surface area (Å²) in [6.45, 7) is 11.7. The van der Waals surface area contributed by atoms with Gasteiger partial charge in [-0.1, -0.05) is 32.9 Å². The van der Waals surface area contributed by atoms with Gasteiger partial charge in [0.2, 0.25) is 11.8 Å². The van der Waals surface area contributed by atoms with Crippen LogP contribution in [0.2, 0.25) is 0 Å². The number of pyridine rings is 1. The van der Waals surface area contributed by atoms with E-state index < -0.39 is 0 Å². The van der Waals surface area contributed by atoms with E-state index in [4.69, 9.17) is 0 Å². The van der Waals surface area contributed by atoms with Crippen LogP contribution in [0, 0.1) is 11.3 Å². The molecule has 1 fully saturated rings. The quantitative estimate of drug-likeness (QED) is 0.499. The summed E-state index contributed by atoms with van der Waals surface area (Å²) in [6, 6.07) is 10.8. The topological polar surface area (TPSA) is 85.8 Å². The molecule has 3 amide bonds. The predicted molar refractivity (Wildman–Crippen MR) is 151 cm³/mol. The molecule has 4 rings (SSSR count). The number of anilines is 3. The van der Waals surface area contributed by atoms with Gasteiger partial charge in [-0.15, -0.1) is 0 Å². The Kier molecular flexibility index (Phi) is 8.82. The van der Waals surface area contributed by atoms with Gasteiger partial charge < -0.3 is 10.2 Å². The van der Waals surface area contributed by atoms with Crippen molar-refractivity contribution < 1.29 is 14.4 Å². The maximum atomic E-state index is 13.7. The van der Waals surface area contributed by atoms with E-state index in [1.54, 1.807) is 29.3 Å². The molecule has 8 nitrogen and oxygen atoms in total. The van der Waals surface area contributed by atoms with Crippen LogP contribution in [-0.4, -0.2) is 65.2 Å². The molecule has 2 aliphatic heterocycles. The van der Waals surface area contributed by atoms with Crippen molar-refractivity contribution in [3.05, 3.63) is 48.2 Å². The van der Waals surface area contributed by atoms with Crippen molar-refractivity contribution in [2.75, 3.05) is 42.9 Å². The lowest BCUT2D eigenvalue weighted by Crippen LogP contribution is -2.43. The third-order valence-corrected chi connectivity index (χ3v) is 8.12. The predicted octanol–water partition coefficient (Wildman–Crippen LogP) is 5.09. The molecule has 1 N–H and O–H groups in total. The first-order valence-corrected chi connectivity index (χ1v) is 13.9. The fourth-order valence-electron chi connectivity index (χ4n) is 5.33. The number of para-hydroxylation sites is 2. The maximum Gasteiger partial charge on any atom is 0.259 e. The first-order valence-electron chi connectivity index (χ1n) is 13.9. The summed E-state index contributed by atoms with van der Waals surface area (Å²) in [7, 11) is 0. The zero-order chi connectivity index (χ0) is 27.3. The smallest absolute Gasteiger partial charge is 0.259 e. The molecule has 1 aromatic heterocycles. The summed E-state index contributed by atoms with van der Waals surface area (Å²) in [6.07, 6.45) is 6.65. The normalized spacial score (nSPS) is 16.3. The second-order valence-corrected chi connectivity index (χ2v) is 11.1. The lowest BCUT2D eigenvalue weighted by Gasteiger charge is -2.34. The molecule has 0 radical (unpaired) electrons. The number of amides is 3. The molecule has 2 aliphatic rings. The number of piperidine rings is 1. The molecule has 0 atom stereocenters. The molecule has 3 heterocycles. The molecule has 0 aliphatic carbocycles. The molecular formula is C30H41N5O3. The van der Waals surface area contributed by atoms with E-state index in [1.807, 2.05) is 36.9 Å². The van der Waals surface area contributed by atoms with Gasteiger partial charge in [0.25, 0.3) is 5.91 Å². The summed E-state index contributed by atoms with van der Waals surface area (Å²) < 4.78 is 0. The molecule has 204 valence electrons. The van der Waals surface area contributed by atoms with E-state index in [9.17, 15) is 14.4 Å². The fraction of sp³-hybridized carbons (Fsp3) is 0.533. The second-order valence-electron chi connectivity index (χ2n) is 11.1. The third kappa shape index (κ3) is 6.07. The van der Waals surface area contributed by atoms with Crippen molar-refractivity contribution in [1.82, 2.24) is 14.8 Å². The zero-order valence-corrected chi connectivity index (χ0v) is 23.2. The lowest BCUT2D eigenvalue weighted by molar-refractivity contribution is -0.140. The Balaban J connectivity index is 1.33. The molecule has 8 heteroatoms. The van der Waals surface area contributed by atoms with Crippen LogP contribution >= 0.6 is 0 Å². The Labute approximate surface area is 226 Å². The first-order chi connectivity index (χ1) is 18.2. The number of nitrogens with zero attached hydrogens (tertiary/aromatic N) is 4. The number of hydrogen-bond donors (Lipinski definition) is 1. The van der Waals surface area contributed by atoms with Crippen molar-refractivity contribution in [3.8, 4) is 0 Å². The minimum atomic E-state index is -0.304. The van der Waals surface area contributed by atoms with Crippen molar-refractivity contribution >= 4 is 34.9 Å². The highest BCUT2D eigenvalue weighted by Gasteiger charge is 2.32. The molecule has 0 unspecified atom stereocenters. The van der Waals surface area contributed by atoms with E-state index >= 15 is 0 Å². The van der Waals surface area contributed by atoms with Crippen LogP contribution in [0.1, 0.15) is 70.2 Å². The van der Waals surface area contributed by atoms with Crippen LogP contribution in [0.25, 0.3) is 0 Å². The Hall–Kier alpha value is -3.26. The van der Waals surface area contributed by atoms with Crippen molar-refractivity contribution in [2.45, 2.75) is 59.8 Å². The average Bonchev–Trinajstić information content (AvgIpc) is 3.05. The maximum absolute atomic E-state index is 13.7. The van der Waals surface area contributed by atoms with Crippen LogP contribution in [0.15, 0.2) is 42.6 Å². The molecule has 1 saturated heterocycles. The molecule has 1 aromatic carbocycles. The van der Waals surface area contributed by atoms with Crippen LogP contribution in [0.4, 0.5) is 17.2 Å². The van der Waals surface area contributed by atoms with Crippen molar-refractivity contribution in [3.63, 3.8) is 0 Å². The van der Waals surface area contributed by atoms with Gasteiger partial charge in [-0.25, -0.2) is 4.98 Å². The van der Waals surface area contributed by atoms with E-state index in [0.717, 1.165) is 58.3 Å². The number of hydrogen-bond acceptors (Lipinski definition) is 5. The number of aromatic nitrogens is 1. The van der Waals surface area contributed by atoms with Gasteiger partial charge in [-0.3, -0.25) is 24.2 Å². The van der Waals surface area contributed by atoms with Gasteiger partial charge in [-0.2, -0.15) is 0 Å². The lowest BCUT2D eigenvalue weighted by atomic mass is 9.88. The highest BCUT2D eigenvalue weighted by molar-refractivity contribution is 6.17.